The van der Waals surface area contributed by atoms with Crippen LogP contribution in [0.4, 0.5) is 4.79 Å². The number of aliphatic hydroxyl groups excluding tert-OH is 1. The van der Waals surface area contributed by atoms with Gasteiger partial charge in [-0.05, 0) is 57.0 Å². The summed E-state index contributed by atoms with van der Waals surface area (Å²) in [5.74, 6) is 0.761. The highest BCUT2D eigenvalue weighted by Crippen LogP contribution is 2.26. The third-order valence-corrected chi connectivity index (χ3v) is 4.40. The van der Waals surface area contributed by atoms with E-state index >= 15 is 0 Å². The molecule has 2 aromatic carbocycles. The van der Waals surface area contributed by atoms with Crippen molar-refractivity contribution in [2.24, 2.45) is 0 Å². The van der Waals surface area contributed by atoms with E-state index in [-0.39, 0.29) is 12.5 Å². The standard InChI is InChI=1S/C24H26N2O5/c1-24(2,3)31-23(29)25-19(15-28)12-16-8-10-20(11-9-16)30-22-18(14-27)13-17-6-4-5-7-21(17)26-22/h4-11,13-14,19,28H,12,15H2,1-3H3,(H,25,29)/t19-/m0/s1. The molecule has 7 nitrogen and oxygen atoms in total. The van der Waals surface area contributed by atoms with E-state index in [4.69, 9.17) is 9.47 Å². The van der Waals surface area contributed by atoms with Gasteiger partial charge < -0.3 is 19.9 Å². The van der Waals surface area contributed by atoms with Crippen molar-refractivity contribution < 1.29 is 24.2 Å². The normalized spacial score (nSPS) is 12.3. The van der Waals surface area contributed by atoms with Crippen LogP contribution in [0.2, 0.25) is 0 Å². The number of pyridine rings is 1. The number of aliphatic hydroxyl groups is 1. The van der Waals surface area contributed by atoms with Crippen LogP contribution in [0.5, 0.6) is 11.6 Å². The zero-order valence-electron chi connectivity index (χ0n) is 17.8. The summed E-state index contributed by atoms with van der Waals surface area (Å²) in [5, 5.41) is 13.1. The molecule has 0 fully saturated rings. The van der Waals surface area contributed by atoms with Gasteiger partial charge in [-0.15, -0.1) is 0 Å². The van der Waals surface area contributed by atoms with Crippen molar-refractivity contribution in [1.29, 1.82) is 0 Å². The number of carbonyl (C=O) groups is 2. The Morgan fingerprint density at radius 3 is 2.52 bits per heavy atom. The van der Waals surface area contributed by atoms with Crippen LogP contribution in [0.25, 0.3) is 10.9 Å². The zero-order chi connectivity index (χ0) is 22.4. The molecule has 1 atom stereocenters. The van der Waals surface area contributed by atoms with Crippen molar-refractivity contribution in [3.05, 3.63) is 65.7 Å². The number of rotatable bonds is 7. The largest absolute Gasteiger partial charge is 0.444 e. The number of benzene rings is 2. The average molecular weight is 422 g/mol. The second-order valence-corrected chi connectivity index (χ2v) is 8.17. The fourth-order valence-corrected chi connectivity index (χ4v) is 3.01. The topological polar surface area (TPSA) is 97.8 Å². The summed E-state index contributed by atoms with van der Waals surface area (Å²) in [4.78, 5) is 27.8. The molecule has 0 spiro atoms. The molecule has 7 heteroatoms. The Bertz CT molecular complexity index is 1060. The Morgan fingerprint density at radius 1 is 1.16 bits per heavy atom. The summed E-state index contributed by atoms with van der Waals surface area (Å²) in [5.41, 5.74) is 1.38. The minimum atomic E-state index is -0.611. The Morgan fingerprint density at radius 2 is 1.87 bits per heavy atom. The van der Waals surface area contributed by atoms with Crippen LogP contribution >= 0.6 is 0 Å². The predicted octanol–water partition coefficient (Wildman–Crippen LogP) is 4.27. The minimum absolute atomic E-state index is 0.221. The molecule has 0 radical (unpaired) electrons. The molecule has 1 heterocycles. The van der Waals surface area contributed by atoms with E-state index in [1.807, 2.05) is 36.4 Å². The number of para-hydroxylation sites is 1. The van der Waals surface area contributed by atoms with E-state index in [2.05, 4.69) is 10.3 Å². The van der Waals surface area contributed by atoms with Crippen LogP contribution in [0.3, 0.4) is 0 Å². The van der Waals surface area contributed by atoms with Gasteiger partial charge in [0.2, 0.25) is 5.88 Å². The molecule has 162 valence electrons. The lowest BCUT2D eigenvalue weighted by molar-refractivity contribution is 0.0482. The quantitative estimate of drug-likeness (QED) is 0.552. The first-order chi connectivity index (χ1) is 14.8. The lowest BCUT2D eigenvalue weighted by atomic mass is 10.1. The van der Waals surface area contributed by atoms with Crippen LogP contribution in [-0.2, 0) is 11.2 Å². The molecule has 0 aliphatic rings. The van der Waals surface area contributed by atoms with Crippen LogP contribution < -0.4 is 10.1 Å². The monoisotopic (exact) mass is 422 g/mol. The second-order valence-electron chi connectivity index (χ2n) is 8.17. The number of alkyl carbamates (subject to hydrolysis) is 1. The number of ether oxygens (including phenoxy) is 2. The third-order valence-electron chi connectivity index (χ3n) is 4.40. The maximum atomic E-state index is 11.9. The number of carbonyl (C=O) groups excluding carboxylic acids is 2. The number of nitrogens with zero attached hydrogens (tertiary/aromatic N) is 1. The SMILES string of the molecule is CC(C)(C)OC(=O)N[C@H](CO)Cc1ccc(Oc2nc3ccccc3cc2C=O)cc1. The van der Waals surface area contributed by atoms with Crippen LogP contribution in [0.15, 0.2) is 54.6 Å². The van der Waals surface area contributed by atoms with Gasteiger partial charge in [-0.1, -0.05) is 30.3 Å². The van der Waals surface area contributed by atoms with Gasteiger partial charge in [-0.3, -0.25) is 4.79 Å². The van der Waals surface area contributed by atoms with Gasteiger partial charge in [0, 0.05) is 5.39 Å². The molecular weight excluding hydrogens is 396 g/mol. The number of nitrogens with one attached hydrogen (secondary N) is 1. The summed E-state index contributed by atoms with van der Waals surface area (Å²) in [6.07, 6.45) is 0.566. The van der Waals surface area contributed by atoms with Gasteiger partial charge in [0.25, 0.3) is 0 Å². The van der Waals surface area contributed by atoms with Crippen molar-refractivity contribution in [1.82, 2.24) is 10.3 Å². The fourth-order valence-electron chi connectivity index (χ4n) is 3.01. The first kappa shape index (κ1) is 22.2. The highest BCUT2D eigenvalue weighted by Gasteiger charge is 2.19. The molecule has 1 amide bonds. The second kappa shape index (κ2) is 9.57. The Kier molecular flexibility index (Phi) is 6.87. The van der Waals surface area contributed by atoms with Crippen molar-refractivity contribution in [2.75, 3.05) is 6.61 Å². The third kappa shape index (κ3) is 6.26. The van der Waals surface area contributed by atoms with Gasteiger partial charge >= 0.3 is 6.09 Å². The number of aldehydes is 1. The van der Waals surface area contributed by atoms with E-state index in [1.165, 1.54) is 0 Å². The highest BCUT2D eigenvalue weighted by atomic mass is 16.6. The summed E-state index contributed by atoms with van der Waals surface area (Å²) in [7, 11) is 0. The first-order valence-electron chi connectivity index (χ1n) is 9.99. The Hall–Kier alpha value is -3.45. The molecule has 31 heavy (non-hydrogen) atoms. The van der Waals surface area contributed by atoms with Gasteiger partial charge in [-0.25, -0.2) is 9.78 Å². The molecule has 0 aliphatic heterocycles. The van der Waals surface area contributed by atoms with E-state index in [0.29, 0.717) is 17.7 Å². The molecule has 1 aromatic heterocycles. The summed E-state index contributed by atoms with van der Waals surface area (Å²) < 4.78 is 11.1. The van der Waals surface area contributed by atoms with Crippen LogP contribution in [0, 0.1) is 0 Å². The van der Waals surface area contributed by atoms with Crippen LogP contribution in [-0.4, -0.2) is 40.7 Å². The highest BCUT2D eigenvalue weighted by molar-refractivity contribution is 5.88. The zero-order valence-corrected chi connectivity index (χ0v) is 17.8. The average Bonchev–Trinajstić information content (AvgIpc) is 2.72. The van der Waals surface area contributed by atoms with Gasteiger partial charge in [0.05, 0.1) is 23.7 Å². The lowest BCUT2D eigenvalue weighted by Gasteiger charge is -2.22. The molecule has 0 aliphatic carbocycles. The number of fused-ring (bicyclic) bond motifs is 1. The molecule has 2 N–H and O–H groups in total. The smallest absolute Gasteiger partial charge is 0.407 e. The van der Waals surface area contributed by atoms with E-state index in [0.717, 1.165) is 22.8 Å². The van der Waals surface area contributed by atoms with Crippen molar-refractivity contribution in [3.63, 3.8) is 0 Å². The molecule has 0 bridgehead atoms. The number of amides is 1. The maximum absolute atomic E-state index is 11.9. The summed E-state index contributed by atoms with van der Waals surface area (Å²) in [6.45, 7) is 5.11. The van der Waals surface area contributed by atoms with Crippen molar-refractivity contribution >= 4 is 23.3 Å². The van der Waals surface area contributed by atoms with E-state index < -0.39 is 17.7 Å². The predicted molar refractivity (Wildman–Crippen MR) is 118 cm³/mol. The maximum Gasteiger partial charge on any atom is 0.407 e. The molecule has 3 rings (SSSR count). The fraction of sp³-hybridized carbons (Fsp3) is 0.292. The van der Waals surface area contributed by atoms with E-state index in [9.17, 15) is 14.7 Å². The van der Waals surface area contributed by atoms with Gasteiger partial charge in [-0.2, -0.15) is 0 Å². The van der Waals surface area contributed by atoms with Crippen LogP contribution in [0.1, 0.15) is 36.7 Å². The van der Waals surface area contributed by atoms with Gasteiger partial charge in [0.1, 0.15) is 11.4 Å². The molecule has 0 saturated heterocycles. The number of aromatic nitrogens is 1. The Balaban J connectivity index is 1.68. The lowest BCUT2D eigenvalue weighted by Crippen LogP contribution is -2.42. The van der Waals surface area contributed by atoms with Crippen molar-refractivity contribution in [2.45, 2.75) is 38.8 Å². The van der Waals surface area contributed by atoms with Crippen molar-refractivity contribution in [3.8, 4) is 11.6 Å². The number of hydrogen-bond acceptors (Lipinski definition) is 6. The van der Waals surface area contributed by atoms with E-state index in [1.54, 1.807) is 39.0 Å². The molecular formula is C24H26N2O5. The van der Waals surface area contributed by atoms with Gasteiger partial charge in [0.15, 0.2) is 6.29 Å². The Labute approximate surface area is 181 Å². The summed E-state index contributed by atoms with van der Waals surface area (Å²) in [6, 6.07) is 15.9. The molecule has 0 saturated carbocycles. The molecule has 0 unspecified atom stereocenters. The summed E-state index contributed by atoms with van der Waals surface area (Å²) >= 11 is 0. The molecule has 3 aromatic rings. The first-order valence-corrected chi connectivity index (χ1v) is 9.99. The number of hydrogen-bond donors (Lipinski definition) is 2. The minimum Gasteiger partial charge on any atom is -0.444 e.